The Bertz CT molecular complexity index is 2370. The summed E-state index contributed by atoms with van der Waals surface area (Å²) in [6, 6.07) is 35.7. The van der Waals surface area contributed by atoms with Crippen LogP contribution in [0.25, 0.3) is 33.8 Å². The normalized spacial score (nSPS) is 14.9. The van der Waals surface area contributed by atoms with Crippen LogP contribution in [0.4, 0.5) is 0 Å². The van der Waals surface area contributed by atoms with Gasteiger partial charge in [-0.05, 0) is 124 Å². The zero-order valence-corrected chi connectivity index (χ0v) is 34.3. The number of allylic oxidation sites excluding steroid dienone is 7. The van der Waals surface area contributed by atoms with E-state index in [1.165, 1.54) is 88.2 Å². The summed E-state index contributed by atoms with van der Waals surface area (Å²) in [7, 11) is 2.52. The molecule has 0 saturated heterocycles. The Morgan fingerprint density at radius 1 is 0.815 bits per heavy atom. The third-order valence-corrected chi connectivity index (χ3v) is 11.5. The number of nitrogens with zero attached hydrogens (tertiary/aromatic N) is 1. The second kappa shape index (κ2) is 17.5. The van der Waals surface area contributed by atoms with Gasteiger partial charge in [-0.15, -0.1) is 0 Å². The molecule has 54 heavy (non-hydrogen) atoms. The Morgan fingerprint density at radius 3 is 2.28 bits per heavy atom. The molecule has 1 atom stereocenters. The van der Waals surface area contributed by atoms with Crippen molar-refractivity contribution in [1.82, 2.24) is 4.57 Å². The third kappa shape index (κ3) is 8.29. The highest BCUT2D eigenvalue weighted by atomic mass is 15.0. The number of aromatic nitrogens is 1. The molecule has 2 heteroatoms. The first kappa shape index (κ1) is 38.9. The zero-order valence-electron chi connectivity index (χ0n) is 34.3. The van der Waals surface area contributed by atoms with E-state index in [1.54, 1.807) is 0 Å². The van der Waals surface area contributed by atoms with Crippen LogP contribution in [-0.2, 0) is 0 Å². The van der Waals surface area contributed by atoms with E-state index in [4.69, 9.17) is 0 Å². The maximum Gasteiger partial charge on any atom is 0.192 e. The van der Waals surface area contributed by atoms with Crippen molar-refractivity contribution < 1.29 is 0 Å². The molecule has 1 unspecified atom stereocenters. The van der Waals surface area contributed by atoms with Crippen LogP contribution in [0.3, 0.4) is 0 Å². The number of hydrogen-bond donors (Lipinski definition) is 0. The van der Waals surface area contributed by atoms with E-state index in [9.17, 15) is 0 Å². The molecule has 4 aromatic carbocycles. The number of para-hydroxylation sites is 2. The molecule has 0 saturated carbocycles. The molecule has 1 aliphatic carbocycles. The van der Waals surface area contributed by atoms with E-state index in [0.717, 1.165) is 32.1 Å². The molecule has 275 valence electrons. The van der Waals surface area contributed by atoms with Crippen molar-refractivity contribution in [2.24, 2.45) is 5.92 Å². The standard InChI is InChI=1S/C52H59BN/c1-10-20-36(4)40(8)51(53-48-29-19-28-44(41(48)9)38(6)23-18-21-35(2)3)46(34-32-42-24-15-14-22-37(42)5)45-33-31-39(7)52-50(45)47-27-16-17-30-49(47)54(52)43-25-12-11-13-26-43/h11-19,21-22,24-30,32,34-35,38H,10,20,23,31,33H2,1-9H3/b21-18-,34-32+,40-36+,51-46-. The topological polar surface area (TPSA) is 4.93 Å². The van der Waals surface area contributed by atoms with Crippen LogP contribution in [0.15, 0.2) is 137 Å². The largest absolute Gasteiger partial charge is 0.309 e. The van der Waals surface area contributed by atoms with Gasteiger partial charge in [0.15, 0.2) is 7.28 Å². The molecule has 1 aliphatic rings. The van der Waals surface area contributed by atoms with Gasteiger partial charge in [0.2, 0.25) is 0 Å². The van der Waals surface area contributed by atoms with E-state index in [-0.39, 0.29) is 0 Å². The number of fused-ring (bicyclic) bond motifs is 3. The minimum Gasteiger partial charge on any atom is -0.309 e. The summed E-state index contributed by atoms with van der Waals surface area (Å²) >= 11 is 0. The molecule has 6 rings (SSSR count). The molecule has 0 fully saturated rings. The van der Waals surface area contributed by atoms with Crippen molar-refractivity contribution in [1.29, 1.82) is 0 Å². The Balaban J connectivity index is 1.70. The SMILES string of the molecule is CCC/C(C)=C(C)/C([B]c1cccc(C(C)C/C=C\C(C)C)c1C)=C(\C=C\c1ccccc1C)C1=c2c(n(-c3ccccc3)c3ccccc23)=C(C)CC1. The van der Waals surface area contributed by atoms with Crippen molar-refractivity contribution in [2.75, 3.05) is 0 Å². The molecule has 5 aromatic rings. The Kier molecular flexibility index (Phi) is 12.6. The van der Waals surface area contributed by atoms with Gasteiger partial charge in [-0.2, -0.15) is 0 Å². The van der Waals surface area contributed by atoms with Crippen LogP contribution in [-0.4, -0.2) is 11.8 Å². The maximum absolute atomic E-state index is 2.52. The Labute approximate surface area is 326 Å². The monoisotopic (exact) mass is 708 g/mol. The molecule has 1 nitrogen and oxygen atoms in total. The lowest BCUT2D eigenvalue weighted by atomic mass is 9.56. The van der Waals surface area contributed by atoms with Gasteiger partial charge in [-0.1, -0.05) is 165 Å². The first-order chi connectivity index (χ1) is 26.1. The number of benzene rings is 4. The van der Waals surface area contributed by atoms with Crippen molar-refractivity contribution >= 4 is 40.9 Å². The van der Waals surface area contributed by atoms with E-state index < -0.39 is 0 Å². The van der Waals surface area contributed by atoms with Crippen molar-refractivity contribution in [2.45, 2.75) is 100 Å². The van der Waals surface area contributed by atoms with Crippen molar-refractivity contribution in [3.05, 3.63) is 170 Å². The second-order valence-corrected chi connectivity index (χ2v) is 15.9. The number of hydrogen-bond acceptors (Lipinski definition) is 0. The molecular formula is C52H59BN. The third-order valence-electron chi connectivity index (χ3n) is 11.5. The highest BCUT2D eigenvalue weighted by Gasteiger charge is 2.23. The highest BCUT2D eigenvalue weighted by Crippen LogP contribution is 2.33. The molecular weight excluding hydrogens is 649 g/mol. The van der Waals surface area contributed by atoms with Gasteiger partial charge in [-0.25, -0.2) is 0 Å². The summed E-state index contributed by atoms with van der Waals surface area (Å²) < 4.78 is 2.51. The van der Waals surface area contributed by atoms with Crippen molar-refractivity contribution in [3.8, 4) is 5.69 Å². The molecule has 1 heterocycles. The lowest BCUT2D eigenvalue weighted by molar-refractivity contribution is 0.759. The average Bonchev–Trinajstić information content (AvgIpc) is 3.52. The summed E-state index contributed by atoms with van der Waals surface area (Å²) in [5, 5.41) is 4.04. The van der Waals surface area contributed by atoms with E-state index in [2.05, 4.69) is 196 Å². The van der Waals surface area contributed by atoms with Crippen LogP contribution in [0.5, 0.6) is 0 Å². The molecule has 0 bridgehead atoms. The van der Waals surface area contributed by atoms with Crippen LogP contribution in [0, 0.1) is 19.8 Å². The smallest absolute Gasteiger partial charge is 0.192 e. The minimum absolute atomic E-state index is 0.442. The molecule has 0 amide bonds. The Hall–Kier alpha value is -4.82. The summed E-state index contributed by atoms with van der Waals surface area (Å²) in [5.74, 6) is 1.01. The van der Waals surface area contributed by atoms with Gasteiger partial charge in [0, 0.05) is 16.3 Å². The predicted molar refractivity (Wildman–Crippen MR) is 238 cm³/mol. The maximum atomic E-state index is 2.52. The number of aryl methyl sites for hydroxylation is 1. The van der Waals surface area contributed by atoms with Crippen LogP contribution in [0.1, 0.15) is 109 Å². The minimum atomic E-state index is 0.442. The van der Waals surface area contributed by atoms with Crippen LogP contribution >= 0.6 is 0 Å². The Morgan fingerprint density at radius 2 is 1.54 bits per heavy atom. The van der Waals surface area contributed by atoms with Crippen LogP contribution in [0.2, 0.25) is 0 Å². The summed E-state index contributed by atoms with van der Waals surface area (Å²) in [6.45, 7) is 20.8. The quantitative estimate of drug-likeness (QED) is 0.0652. The van der Waals surface area contributed by atoms with Gasteiger partial charge in [0.1, 0.15) is 0 Å². The fourth-order valence-corrected chi connectivity index (χ4v) is 8.30. The highest BCUT2D eigenvalue weighted by molar-refractivity contribution is 6.63. The van der Waals surface area contributed by atoms with E-state index >= 15 is 0 Å². The van der Waals surface area contributed by atoms with Gasteiger partial charge >= 0.3 is 0 Å². The molecule has 0 aliphatic heterocycles. The first-order valence-corrected chi connectivity index (χ1v) is 20.2. The lowest BCUT2D eigenvalue weighted by Crippen LogP contribution is -2.35. The van der Waals surface area contributed by atoms with Gasteiger partial charge < -0.3 is 4.57 Å². The van der Waals surface area contributed by atoms with E-state index in [0.29, 0.717) is 11.8 Å². The molecule has 1 radical (unpaired) electrons. The lowest BCUT2D eigenvalue weighted by Gasteiger charge is -2.23. The summed E-state index contributed by atoms with van der Waals surface area (Å²) in [6.07, 6.45) is 14.8. The van der Waals surface area contributed by atoms with Gasteiger partial charge in [0.25, 0.3) is 0 Å². The summed E-state index contributed by atoms with van der Waals surface area (Å²) in [5.41, 5.74) is 17.5. The second-order valence-electron chi connectivity index (χ2n) is 15.9. The van der Waals surface area contributed by atoms with E-state index in [1.807, 2.05) is 0 Å². The molecule has 0 spiro atoms. The zero-order chi connectivity index (χ0) is 38.4. The fourth-order valence-electron chi connectivity index (χ4n) is 8.30. The average molecular weight is 709 g/mol. The molecule has 1 aromatic heterocycles. The number of rotatable bonds is 13. The van der Waals surface area contributed by atoms with Crippen LogP contribution < -0.4 is 16.0 Å². The molecule has 0 N–H and O–H groups in total. The fraction of sp³-hybridized carbons (Fsp3) is 0.308. The summed E-state index contributed by atoms with van der Waals surface area (Å²) in [4.78, 5) is 0. The van der Waals surface area contributed by atoms with Gasteiger partial charge in [0.05, 0.1) is 10.9 Å². The van der Waals surface area contributed by atoms with Gasteiger partial charge in [-0.3, -0.25) is 0 Å². The predicted octanol–water partition coefficient (Wildman–Crippen LogP) is 12.2. The first-order valence-electron chi connectivity index (χ1n) is 20.2. The van der Waals surface area contributed by atoms with Crippen molar-refractivity contribution in [3.63, 3.8) is 0 Å².